The molecule has 1 amide bonds. The maximum atomic E-state index is 12.2. The number of amides is 1. The molecule has 0 atom stereocenters. The molecule has 0 spiro atoms. The van der Waals surface area contributed by atoms with E-state index in [-0.39, 0.29) is 11.7 Å². The van der Waals surface area contributed by atoms with E-state index in [0.717, 1.165) is 25.7 Å². The summed E-state index contributed by atoms with van der Waals surface area (Å²) in [6.45, 7) is -0.683. The zero-order chi connectivity index (χ0) is 18.3. The van der Waals surface area contributed by atoms with E-state index in [1.54, 1.807) is 6.07 Å². The zero-order valence-electron chi connectivity index (χ0n) is 13.6. The summed E-state index contributed by atoms with van der Waals surface area (Å²) in [6, 6.07) is 4.48. The molecule has 0 aliphatic rings. The summed E-state index contributed by atoms with van der Waals surface area (Å²) < 4.78 is 41.9. The Hall–Kier alpha value is -1.87. The first kappa shape index (κ1) is 19.5. The lowest BCUT2D eigenvalue weighted by molar-refractivity contribution is -0.153. The van der Waals surface area contributed by atoms with Crippen LogP contribution in [0.3, 0.4) is 0 Å². The summed E-state index contributed by atoms with van der Waals surface area (Å²) in [7, 11) is 0. The third-order valence-electron chi connectivity index (χ3n) is 3.37. The number of thiazole rings is 1. The normalized spacial score (nSPS) is 11.7. The number of nitrogens with one attached hydrogen (secondary N) is 1. The molecule has 0 aliphatic carbocycles. The van der Waals surface area contributed by atoms with Crippen LogP contribution in [0.25, 0.3) is 10.2 Å². The monoisotopic (exact) mass is 375 g/mol. The number of ether oxygens (including phenoxy) is 1. The van der Waals surface area contributed by atoms with E-state index in [9.17, 15) is 18.0 Å². The van der Waals surface area contributed by atoms with Gasteiger partial charge in [0.25, 0.3) is 0 Å². The molecule has 0 bridgehead atoms. The van der Waals surface area contributed by atoms with E-state index in [1.807, 2.05) is 0 Å². The average Bonchev–Trinajstić information content (AvgIpc) is 2.93. The number of aromatic nitrogens is 1. The minimum atomic E-state index is -4.38. The van der Waals surface area contributed by atoms with E-state index in [4.69, 9.17) is 10.5 Å². The second kappa shape index (κ2) is 9.00. The lowest BCUT2D eigenvalue weighted by Crippen LogP contribution is -2.19. The molecular formula is C16H20F3N3O2S. The minimum Gasteiger partial charge on any atom is -0.484 e. The van der Waals surface area contributed by atoms with Crippen molar-refractivity contribution >= 4 is 32.6 Å². The van der Waals surface area contributed by atoms with Crippen LogP contribution in [-0.4, -0.2) is 30.2 Å². The predicted octanol–water partition coefficient (Wildman–Crippen LogP) is 4.09. The summed E-state index contributed by atoms with van der Waals surface area (Å²) in [5, 5.41) is 3.15. The summed E-state index contributed by atoms with van der Waals surface area (Å²) in [4.78, 5) is 16.1. The first-order valence-corrected chi connectivity index (χ1v) is 8.79. The molecule has 1 heterocycles. The van der Waals surface area contributed by atoms with Crippen molar-refractivity contribution in [2.24, 2.45) is 5.73 Å². The highest BCUT2D eigenvalue weighted by Gasteiger charge is 2.28. The van der Waals surface area contributed by atoms with Crippen LogP contribution in [0.15, 0.2) is 18.2 Å². The lowest BCUT2D eigenvalue weighted by Gasteiger charge is -2.08. The number of rotatable bonds is 9. The Balaban J connectivity index is 1.88. The molecular weight excluding hydrogens is 355 g/mol. The van der Waals surface area contributed by atoms with Crippen LogP contribution < -0.4 is 15.8 Å². The molecule has 2 aromatic rings. The summed E-state index contributed by atoms with van der Waals surface area (Å²) in [5.41, 5.74) is 6.01. The molecule has 9 heteroatoms. The fourth-order valence-corrected chi connectivity index (χ4v) is 3.09. The highest BCUT2D eigenvalue weighted by Crippen LogP contribution is 2.30. The van der Waals surface area contributed by atoms with Gasteiger partial charge in [0.05, 0.1) is 10.2 Å². The Morgan fingerprint density at radius 1 is 1.24 bits per heavy atom. The van der Waals surface area contributed by atoms with Crippen LogP contribution in [0.4, 0.5) is 18.3 Å². The molecule has 2 rings (SSSR count). The Labute approximate surface area is 147 Å². The predicted molar refractivity (Wildman–Crippen MR) is 91.9 cm³/mol. The van der Waals surface area contributed by atoms with E-state index in [0.29, 0.717) is 28.3 Å². The van der Waals surface area contributed by atoms with Gasteiger partial charge in [-0.2, -0.15) is 13.2 Å². The number of fused-ring (bicyclic) bond motifs is 1. The van der Waals surface area contributed by atoms with Gasteiger partial charge in [0.1, 0.15) is 5.75 Å². The highest BCUT2D eigenvalue weighted by atomic mass is 32.1. The van der Waals surface area contributed by atoms with Gasteiger partial charge in [0, 0.05) is 6.42 Å². The second-order valence-corrected chi connectivity index (χ2v) is 6.58. The van der Waals surface area contributed by atoms with Gasteiger partial charge in [0.2, 0.25) is 5.91 Å². The van der Waals surface area contributed by atoms with Crippen LogP contribution in [0, 0.1) is 0 Å². The van der Waals surface area contributed by atoms with Gasteiger partial charge in [-0.3, -0.25) is 4.79 Å². The zero-order valence-corrected chi connectivity index (χ0v) is 14.4. The number of anilines is 1. The van der Waals surface area contributed by atoms with Crippen LogP contribution in [0.1, 0.15) is 32.1 Å². The van der Waals surface area contributed by atoms with Crippen molar-refractivity contribution in [1.82, 2.24) is 4.98 Å². The molecule has 0 radical (unpaired) electrons. The van der Waals surface area contributed by atoms with E-state index < -0.39 is 12.8 Å². The summed E-state index contributed by atoms with van der Waals surface area (Å²) >= 11 is 1.20. The second-order valence-electron chi connectivity index (χ2n) is 5.55. The first-order chi connectivity index (χ1) is 11.9. The third kappa shape index (κ3) is 6.87. The maximum absolute atomic E-state index is 12.2. The van der Waals surface area contributed by atoms with Crippen molar-refractivity contribution in [2.45, 2.75) is 38.3 Å². The minimum absolute atomic E-state index is 0.117. The van der Waals surface area contributed by atoms with Crippen molar-refractivity contribution in [2.75, 3.05) is 18.5 Å². The number of nitrogens with zero attached hydrogens (tertiary/aromatic N) is 1. The summed E-state index contributed by atoms with van der Waals surface area (Å²) in [6.07, 6.45) is -0.285. The van der Waals surface area contributed by atoms with Gasteiger partial charge in [-0.15, -0.1) is 0 Å². The maximum Gasteiger partial charge on any atom is 0.422 e. The van der Waals surface area contributed by atoms with Crippen molar-refractivity contribution < 1.29 is 22.7 Å². The van der Waals surface area contributed by atoms with Crippen molar-refractivity contribution in [3.05, 3.63) is 18.2 Å². The van der Waals surface area contributed by atoms with E-state index in [1.165, 1.54) is 23.5 Å². The molecule has 0 aliphatic heterocycles. The summed E-state index contributed by atoms with van der Waals surface area (Å²) in [5.74, 6) is -0.00777. The highest BCUT2D eigenvalue weighted by molar-refractivity contribution is 7.22. The first-order valence-electron chi connectivity index (χ1n) is 7.97. The van der Waals surface area contributed by atoms with E-state index in [2.05, 4.69) is 10.3 Å². The molecule has 25 heavy (non-hydrogen) atoms. The van der Waals surface area contributed by atoms with Gasteiger partial charge in [-0.25, -0.2) is 4.98 Å². The number of unbranched alkanes of at least 4 members (excludes halogenated alkanes) is 3. The number of nitrogens with two attached hydrogens (primary N) is 1. The molecule has 0 saturated carbocycles. The van der Waals surface area contributed by atoms with Gasteiger partial charge < -0.3 is 15.8 Å². The number of benzene rings is 1. The Bertz CT molecular complexity index is 703. The van der Waals surface area contributed by atoms with E-state index >= 15 is 0 Å². The molecule has 3 N–H and O–H groups in total. The standard InChI is InChI=1S/C16H20F3N3O2S/c17-16(18,19)10-24-11-6-7-12-13(9-11)25-15(21-12)22-14(23)5-3-1-2-4-8-20/h6-7,9H,1-5,8,10,20H2,(H,21,22,23). The van der Waals surface area contributed by atoms with Gasteiger partial charge in [-0.1, -0.05) is 24.2 Å². The Morgan fingerprint density at radius 2 is 2.00 bits per heavy atom. The van der Waals surface area contributed by atoms with Crippen LogP contribution in [-0.2, 0) is 4.79 Å². The number of hydrogen-bond acceptors (Lipinski definition) is 5. The molecule has 0 saturated heterocycles. The Morgan fingerprint density at radius 3 is 2.72 bits per heavy atom. The molecule has 0 fully saturated rings. The van der Waals surface area contributed by atoms with Crippen LogP contribution in [0.2, 0.25) is 0 Å². The fraction of sp³-hybridized carbons (Fsp3) is 0.500. The third-order valence-corrected chi connectivity index (χ3v) is 4.30. The number of alkyl halides is 3. The number of hydrogen-bond donors (Lipinski definition) is 2. The molecule has 1 aromatic heterocycles. The van der Waals surface area contributed by atoms with Gasteiger partial charge >= 0.3 is 6.18 Å². The van der Waals surface area contributed by atoms with Gasteiger partial charge in [-0.05, 0) is 37.6 Å². The largest absolute Gasteiger partial charge is 0.484 e. The Kier molecular flexibility index (Phi) is 7.01. The molecule has 1 aromatic carbocycles. The molecule has 0 unspecified atom stereocenters. The van der Waals surface area contributed by atoms with Crippen molar-refractivity contribution in [3.63, 3.8) is 0 Å². The van der Waals surface area contributed by atoms with Crippen LogP contribution >= 0.6 is 11.3 Å². The van der Waals surface area contributed by atoms with Crippen molar-refractivity contribution in [3.8, 4) is 5.75 Å². The fourth-order valence-electron chi connectivity index (χ4n) is 2.18. The SMILES string of the molecule is NCCCCCCC(=O)Nc1nc2ccc(OCC(F)(F)F)cc2s1. The topological polar surface area (TPSA) is 77.2 Å². The number of carbonyl (C=O) groups is 1. The number of halogens is 3. The van der Waals surface area contributed by atoms with Gasteiger partial charge in [0.15, 0.2) is 11.7 Å². The lowest BCUT2D eigenvalue weighted by atomic mass is 10.1. The van der Waals surface area contributed by atoms with Crippen LogP contribution in [0.5, 0.6) is 5.75 Å². The number of carbonyl (C=O) groups excluding carboxylic acids is 1. The molecule has 138 valence electrons. The smallest absolute Gasteiger partial charge is 0.422 e. The van der Waals surface area contributed by atoms with Crippen molar-refractivity contribution in [1.29, 1.82) is 0 Å². The quantitative estimate of drug-likeness (QED) is 0.647. The average molecular weight is 375 g/mol. The molecule has 5 nitrogen and oxygen atoms in total.